The number of thioether (sulfide) groups is 1. The van der Waals surface area contributed by atoms with E-state index < -0.39 is 11.9 Å². The lowest BCUT2D eigenvalue weighted by Crippen LogP contribution is -2.40. The predicted molar refractivity (Wildman–Crippen MR) is 126 cm³/mol. The van der Waals surface area contributed by atoms with E-state index in [1.807, 2.05) is 43.3 Å². The van der Waals surface area contributed by atoms with Crippen LogP contribution in [-0.4, -0.2) is 33.8 Å². The van der Waals surface area contributed by atoms with Gasteiger partial charge in [0.15, 0.2) is 5.16 Å². The number of nitrogens with one attached hydrogen (secondary N) is 2. The van der Waals surface area contributed by atoms with Crippen molar-refractivity contribution in [1.29, 1.82) is 0 Å². The highest BCUT2D eigenvalue weighted by atomic mass is 32.2. The molecule has 3 aromatic rings. The molecule has 31 heavy (non-hydrogen) atoms. The Balaban J connectivity index is 1.81. The van der Waals surface area contributed by atoms with E-state index in [1.54, 1.807) is 4.57 Å². The van der Waals surface area contributed by atoms with Crippen LogP contribution in [0.1, 0.15) is 17.4 Å². The van der Waals surface area contributed by atoms with Crippen molar-refractivity contribution in [2.24, 2.45) is 0 Å². The molecule has 0 radical (unpaired) electrons. The quantitative estimate of drug-likeness (QED) is 0.293. The molecule has 3 rings (SSSR count). The van der Waals surface area contributed by atoms with Gasteiger partial charge in [0.1, 0.15) is 4.83 Å². The fourth-order valence-corrected chi connectivity index (χ4v) is 4.75. The Bertz CT molecular complexity index is 1140. The normalized spacial score (nSPS) is 10.7. The van der Waals surface area contributed by atoms with Gasteiger partial charge in [0.2, 0.25) is 5.91 Å². The lowest BCUT2D eigenvalue weighted by Gasteiger charge is -2.12. The number of benzene rings is 1. The van der Waals surface area contributed by atoms with Crippen molar-refractivity contribution in [2.75, 3.05) is 12.3 Å². The van der Waals surface area contributed by atoms with Crippen LogP contribution in [0.5, 0.6) is 0 Å². The molecule has 1 aromatic carbocycles. The van der Waals surface area contributed by atoms with Gasteiger partial charge in [0, 0.05) is 18.0 Å². The summed E-state index contributed by atoms with van der Waals surface area (Å²) in [6.45, 7) is 6.26. The van der Waals surface area contributed by atoms with Gasteiger partial charge in [-0.2, -0.15) is 0 Å². The number of aryl methyl sites for hydroxylation is 2. The number of nitrogens with zero attached hydrogens (tertiary/aromatic N) is 2. The van der Waals surface area contributed by atoms with E-state index in [2.05, 4.69) is 22.2 Å². The Labute approximate surface area is 188 Å². The lowest BCUT2D eigenvalue weighted by atomic mass is 10.1. The molecule has 2 aromatic heterocycles. The summed E-state index contributed by atoms with van der Waals surface area (Å²) in [4.78, 5) is 43.4. The molecule has 7 nitrogen and oxygen atoms in total. The molecule has 0 unspecified atom stereocenters. The Morgan fingerprint density at radius 3 is 2.77 bits per heavy atom. The molecule has 0 spiro atoms. The van der Waals surface area contributed by atoms with Crippen molar-refractivity contribution in [3.63, 3.8) is 0 Å². The van der Waals surface area contributed by atoms with Crippen LogP contribution in [0.2, 0.25) is 0 Å². The number of aromatic nitrogens is 2. The summed E-state index contributed by atoms with van der Waals surface area (Å²) in [6, 6.07) is 11.2. The second kappa shape index (κ2) is 10.9. The highest BCUT2D eigenvalue weighted by Crippen LogP contribution is 2.25. The van der Waals surface area contributed by atoms with Crippen LogP contribution in [0.3, 0.4) is 0 Å². The standard InChI is InChI=1S/C22H24N4O3S2/c1-3-11-23-21(29)24-18(27)14-30-22-25-19-17(13-16(4-2)31-19)20(28)26(22)12-10-15-8-6-5-7-9-15/h3,5-9,13H,1,4,10-12,14H2,2H3,(H2,23,24,27,29). The number of hydrogen-bond donors (Lipinski definition) is 2. The summed E-state index contributed by atoms with van der Waals surface area (Å²) in [5.41, 5.74) is 1.00. The molecule has 0 saturated carbocycles. The first-order valence-corrected chi connectivity index (χ1v) is 11.7. The van der Waals surface area contributed by atoms with Crippen molar-refractivity contribution >= 4 is 45.3 Å². The van der Waals surface area contributed by atoms with Crippen molar-refractivity contribution in [3.8, 4) is 0 Å². The average molecular weight is 457 g/mol. The van der Waals surface area contributed by atoms with Gasteiger partial charge in [0.25, 0.3) is 5.56 Å². The first-order valence-electron chi connectivity index (χ1n) is 9.90. The van der Waals surface area contributed by atoms with E-state index in [0.717, 1.165) is 28.6 Å². The number of fused-ring (bicyclic) bond motifs is 1. The third-order valence-electron chi connectivity index (χ3n) is 4.47. The number of carbonyl (C=O) groups excluding carboxylic acids is 2. The summed E-state index contributed by atoms with van der Waals surface area (Å²) in [5, 5.41) is 5.82. The molecule has 0 fully saturated rings. The molecular weight excluding hydrogens is 432 g/mol. The summed E-state index contributed by atoms with van der Waals surface area (Å²) >= 11 is 2.64. The molecule has 0 atom stereocenters. The average Bonchev–Trinajstić information content (AvgIpc) is 3.20. The molecule has 162 valence electrons. The molecular formula is C22H24N4O3S2. The minimum atomic E-state index is -0.582. The third kappa shape index (κ3) is 6.05. The monoisotopic (exact) mass is 456 g/mol. The van der Waals surface area contributed by atoms with Gasteiger partial charge >= 0.3 is 6.03 Å². The predicted octanol–water partition coefficient (Wildman–Crippen LogP) is 3.37. The van der Waals surface area contributed by atoms with Crippen LogP contribution in [0.25, 0.3) is 10.2 Å². The zero-order valence-corrected chi connectivity index (χ0v) is 18.9. The lowest BCUT2D eigenvalue weighted by molar-refractivity contribution is -0.117. The Morgan fingerprint density at radius 2 is 2.06 bits per heavy atom. The van der Waals surface area contributed by atoms with Crippen molar-refractivity contribution in [1.82, 2.24) is 20.2 Å². The van der Waals surface area contributed by atoms with Gasteiger partial charge in [-0.3, -0.25) is 19.5 Å². The van der Waals surface area contributed by atoms with Gasteiger partial charge in [-0.15, -0.1) is 17.9 Å². The highest BCUT2D eigenvalue weighted by Gasteiger charge is 2.16. The number of thiophene rings is 1. The Hall–Kier alpha value is -2.91. The number of imide groups is 1. The Kier molecular flexibility index (Phi) is 8.02. The smallest absolute Gasteiger partial charge is 0.321 e. The van der Waals surface area contributed by atoms with Crippen LogP contribution in [0.4, 0.5) is 4.79 Å². The van der Waals surface area contributed by atoms with E-state index in [4.69, 9.17) is 0 Å². The number of carbonyl (C=O) groups is 2. The molecule has 2 heterocycles. The first-order chi connectivity index (χ1) is 15.0. The van der Waals surface area contributed by atoms with Crippen LogP contribution in [0.15, 0.2) is 59.0 Å². The maximum absolute atomic E-state index is 13.2. The Morgan fingerprint density at radius 1 is 1.29 bits per heavy atom. The minimum Gasteiger partial charge on any atom is -0.334 e. The second-order valence-electron chi connectivity index (χ2n) is 6.71. The zero-order chi connectivity index (χ0) is 22.2. The van der Waals surface area contributed by atoms with Crippen molar-refractivity contribution in [2.45, 2.75) is 31.5 Å². The van der Waals surface area contributed by atoms with E-state index in [9.17, 15) is 14.4 Å². The molecule has 0 bridgehead atoms. The van der Waals surface area contributed by atoms with Crippen LogP contribution >= 0.6 is 23.1 Å². The van der Waals surface area contributed by atoms with Gasteiger partial charge < -0.3 is 5.32 Å². The molecule has 3 amide bonds. The summed E-state index contributed by atoms with van der Waals surface area (Å²) < 4.78 is 1.62. The molecule has 0 aliphatic carbocycles. The van der Waals surface area contributed by atoms with Gasteiger partial charge in [-0.05, 0) is 24.5 Å². The van der Waals surface area contributed by atoms with Gasteiger partial charge in [-0.1, -0.05) is 55.1 Å². The number of rotatable bonds is 9. The van der Waals surface area contributed by atoms with Gasteiger partial charge in [0.05, 0.1) is 11.1 Å². The summed E-state index contributed by atoms with van der Waals surface area (Å²) in [5.74, 6) is -0.493. The molecule has 2 N–H and O–H groups in total. The second-order valence-corrected chi connectivity index (χ2v) is 8.77. The molecule has 0 saturated heterocycles. The number of hydrogen-bond acceptors (Lipinski definition) is 6. The SMILES string of the molecule is C=CCNC(=O)NC(=O)CSc1nc2sc(CC)cc2c(=O)n1CCc1ccccc1. The van der Waals surface area contributed by atoms with E-state index in [1.165, 1.54) is 17.4 Å². The van der Waals surface area contributed by atoms with E-state index in [-0.39, 0.29) is 17.9 Å². The molecule has 0 aliphatic rings. The number of urea groups is 1. The van der Waals surface area contributed by atoms with E-state index >= 15 is 0 Å². The number of amides is 3. The first kappa shape index (κ1) is 22.8. The minimum absolute atomic E-state index is 0.0309. The fraction of sp³-hybridized carbons (Fsp3) is 0.273. The van der Waals surface area contributed by atoms with Crippen molar-refractivity contribution < 1.29 is 9.59 Å². The highest BCUT2D eigenvalue weighted by molar-refractivity contribution is 7.99. The maximum atomic E-state index is 13.2. The molecule has 9 heteroatoms. The summed E-state index contributed by atoms with van der Waals surface area (Å²) in [6.07, 6.45) is 3.02. The largest absolute Gasteiger partial charge is 0.334 e. The van der Waals surface area contributed by atoms with Crippen molar-refractivity contribution in [3.05, 3.63) is 69.8 Å². The summed E-state index contributed by atoms with van der Waals surface area (Å²) in [7, 11) is 0. The van der Waals surface area contributed by atoms with Crippen LogP contribution in [-0.2, 0) is 24.2 Å². The zero-order valence-electron chi connectivity index (χ0n) is 17.2. The van der Waals surface area contributed by atoms with Gasteiger partial charge in [-0.25, -0.2) is 9.78 Å². The topological polar surface area (TPSA) is 93.1 Å². The fourth-order valence-electron chi connectivity index (χ4n) is 2.92. The third-order valence-corrected chi connectivity index (χ3v) is 6.62. The van der Waals surface area contributed by atoms with Crippen LogP contribution < -0.4 is 16.2 Å². The maximum Gasteiger partial charge on any atom is 0.321 e. The molecule has 0 aliphatic heterocycles. The van der Waals surface area contributed by atoms with Crippen LogP contribution in [0, 0.1) is 0 Å². The van der Waals surface area contributed by atoms with E-state index in [0.29, 0.717) is 28.3 Å².